The van der Waals surface area contributed by atoms with Gasteiger partial charge in [0.25, 0.3) is 0 Å². The first-order valence-corrected chi connectivity index (χ1v) is 7.28. The molecule has 2 aliphatic rings. The summed E-state index contributed by atoms with van der Waals surface area (Å²) in [4.78, 5) is 0. The second-order valence-electron chi connectivity index (χ2n) is 6.37. The molecule has 1 fully saturated rings. The van der Waals surface area contributed by atoms with Crippen LogP contribution in [0.15, 0.2) is 42.6 Å². The summed E-state index contributed by atoms with van der Waals surface area (Å²) in [5.74, 6) is 0.701. The van der Waals surface area contributed by atoms with E-state index in [1.807, 2.05) is 0 Å². The van der Waals surface area contributed by atoms with Crippen molar-refractivity contribution in [2.24, 2.45) is 5.41 Å². The summed E-state index contributed by atoms with van der Waals surface area (Å²) in [5, 5.41) is 0. The van der Waals surface area contributed by atoms with Gasteiger partial charge in [-0.2, -0.15) is 4.57 Å². The van der Waals surface area contributed by atoms with E-state index in [4.69, 9.17) is 0 Å². The number of pyridine rings is 1. The highest BCUT2D eigenvalue weighted by molar-refractivity contribution is 5.66. The van der Waals surface area contributed by atoms with E-state index in [-0.39, 0.29) is 0 Å². The van der Waals surface area contributed by atoms with E-state index in [2.05, 4.69) is 67.9 Å². The van der Waals surface area contributed by atoms with Gasteiger partial charge in [-0.1, -0.05) is 31.5 Å². The summed E-state index contributed by atoms with van der Waals surface area (Å²) in [6.45, 7) is 6.98. The zero-order valence-corrected chi connectivity index (χ0v) is 11.9. The molecule has 1 saturated carbocycles. The highest BCUT2D eigenvalue weighted by Crippen LogP contribution is 2.70. The van der Waals surface area contributed by atoms with Crippen molar-refractivity contribution >= 4 is 0 Å². The lowest BCUT2D eigenvalue weighted by atomic mass is 9.92. The Morgan fingerprint density at radius 2 is 2.05 bits per heavy atom. The van der Waals surface area contributed by atoms with Crippen LogP contribution in [0.25, 0.3) is 11.3 Å². The fourth-order valence-electron chi connectivity index (χ4n) is 4.07. The zero-order chi connectivity index (χ0) is 13.2. The van der Waals surface area contributed by atoms with Crippen LogP contribution in [-0.4, -0.2) is 0 Å². The molecule has 0 N–H and O–H groups in total. The quantitative estimate of drug-likeness (QED) is 0.673. The van der Waals surface area contributed by atoms with Gasteiger partial charge in [0.1, 0.15) is 0 Å². The first-order valence-electron chi connectivity index (χ1n) is 7.28. The van der Waals surface area contributed by atoms with Crippen molar-refractivity contribution in [3.05, 3.63) is 53.7 Å². The van der Waals surface area contributed by atoms with Crippen LogP contribution in [0, 0.1) is 12.3 Å². The SMILES string of the molecule is CCC1(C)C2c3cc(C)ccc3-c3cccc[n+]3C21. The number of aryl methyl sites for hydroxylation is 1. The lowest BCUT2D eigenvalue weighted by molar-refractivity contribution is -0.697. The molecule has 0 amide bonds. The van der Waals surface area contributed by atoms with Crippen LogP contribution in [0.2, 0.25) is 0 Å². The van der Waals surface area contributed by atoms with Crippen LogP contribution < -0.4 is 4.57 Å². The fraction of sp³-hybridized carbons (Fsp3) is 0.389. The van der Waals surface area contributed by atoms with E-state index in [0.717, 1.165) is 0 Å². The maximum absolute atomic E-state index is 2.51. The minimum Gasteiger partial charge on any atom is -0.194 e. The number of fused-ring (bicyclic) bond motifs is 6. The first-order chi connectivity index (χ1) is 9.16. The van der Waals surface area contributed by atoms with Crippen LogP contribution >= 0.6 is 0 Å². The van der Waals surface area contributed by atoms with E-state index in [1.54, 1.807) is 5.56 Å². The van der Waals surface area contributed by atoms with Crippen molar-refractivity contribution < 1.29 is 4.57 Å². The molecule has 1 heteroatoms. The van der Waals surface area contributed by atoms with E-state index in [0.29, 0.717) is 17.4 Å². The smallest absolute Gasteiger partial charge is 0.194 e. The van der Waals surface area contributed by atoms with Crippen molar-refractivity contribution in [2.75, 3.05) is 0 Å². The second kappa shape index (κ2) is 3.47. The lowest BCUT2D eigenvalue weighted by Gasteiger charge is -2.14. The molecule has 0 saturated heterocycles. The van der Waals surface area contributed by atoms with E-state index in [9.17, 15) is 0 Å². The summed E-state index contributed by atoms with van der Waals surface area (Å²) < 4.78 is 2.51. The Hall–Kier alpha value is -1.63. The van der Waals surface area contributed by atoms with E-state index in [1.165, 1.54) is 23.2 Å². The summed E-state index contributed by atoms with van der Waals surface area (Å²) >= 11 is 0. The Labute approximate surface area is 114 Å². The van der Waals surface area contributed by atoms with Gasteiger partial charge in [-0.25, -0.2) is 0 Å². The molecule has 96 valence electrons. The monoisotopic (exact) mass is 250 g/mol. The number of hydrogen-bond donors (Lipinski definition) is 0. The largest absolute Gasteiger partial charge is 0.213 e. The summed E-state index contributed by atoms with van der Waals surface area (Å²) in [6.07, 6.45) is 3.51. The Balaban J connectivity index is 2.03. The predicted octanol–water partition coefficient (Wildman–Crippen LogP) is 4.02. The summed E-state index contributed by atoms with van der Waals surface area (Å²) in [7, 11) is 0. The van der Waals surface area contributed by atoms with Gasteiger partial charge < -0.3 is 0 Å². The number of nitrogens with zero attached hydrogens (tertiary/aromatic N) is 1. The maximum atomic E-state index is 2.51. The van der Waals surface area contributed by atoms with Gasteiger partial charge in [0, 0.05) is 23.1 Å². The van der Waals surface area contributed by atoms with Gasteiger partial charge in [0.05, 0.1) is 5.92 Å². The number of aromatic nitrogens is 1. The lowest BCUT2D eigenvalue weighted by Crippen LogP contribution is -2.38. The Kier molecular flexibility index (Phi) is 2.05. The Morgan fingerprint density at radius 1 is 1.21 bits per heavy atom. The molecule has 2 heterocycles. The molecule has 1 aromatic carbocycles. The molecule has 1 nitrogen and oxygen atoms in total. The minimum atomic E-state index is 0.430. The van der Waals surface area contributed by atoms with Crippen LogP contribution in [0.3, 0.4) is 0 Å². The van der Waals surface area contributed by atoms with Crippen molar-refractivity contribution in [3.63, 3.8) is 0 Å². The highest BCUT2D eigenvalue weighted by Gasteiger charge is 2.70. The van der Waals surface area contributed by atoms with Crippen LogP contribution in [0.4, 0.5) is 0 Å². The van der Waals surface area contributed by atoms with Crippen molar-refractivity contribution in [1.82, 2.24) is 0 Å². The topological polar surface area (TPSA) is 3.88 Å². The highest BCUT2D eigenvalue weighted by atomic mass is 15.1. The predicted molar refractivity (Wildman–Crippen MR) is 77.0 cm³/mol. The average Bonchev–Trinajstić information content (AvgIpc) is 3.07. The molecule has 0 radical (unpaired) electrons. The van der Waals surface area contributed by atoms with E-state index >= 15 is 0 Å². The molecule has 2 aromatic rings. The average molecular weight is 250 g/mol. The first kappa shape index (κ1) is 11.2. The van der Waals surface area contributed by atoms with Gasteiger partial charge in [-0.15, -0.1) is 0 Å². The standard InChI is InChI=1S/C18H20N/c1-4-18(3)16-14-11-12(2)8-9-13(14)15-7-5-6-10-19(15)17(16)18/h5-11,16-17H,4H2,1-3H3/q+1. The summed E-state index contributed by atoms with van der Waals surface area (Å²) in [5.41, 5.74) is 6.20. The zero-order valence-electron chi connectivity index (χ0n) is 11.9. The maximum Gasteiger partial charge on any atom is 0.213 e. The number of rotatable bonds is 1. The minimum absolute atomic E-state index is 0.430. The Bertz CT molecular complexity index is 673. The third-order valence-electron chi connectivity index (χ3n) is 5.36. The van der Waals surface area contributed by atoms with Crippen LogP contribution in [0.1, 0.15) is 43.4 Å². The fourth-order valence-corrected chi connectivity index (χ4v) is 4.07. The molecule has 3 unspecified atom stereocenters. The third-order valence-corrected chi connectivity index (χ3v) is 5.36. The van der Waals surface area contributed by atoms with E-state index < -0.39 is 0 Å². The van der Waals surface area contributed by atoms with Crippen LogP contribution in [0.5, 0.6) is 0 Å². The Morgan fingerprint density at radius 3 is 2.84 bits per heavy atom. The normalized spacial score (nSPS) is 30.3. The molecular weight excluding hydrogens is 230 g/mol. The molecule has 0 spiro atoms. The molecule has 1 aliphatic carbocycles. The van der Waals surface area contributed by atoms with Gasteiger partial charge >= 0.3 is 0 Å². The number of hydrogen-bond acceptors (Lipinski definition) is 0. The van der Waals surface area contributed by atoms with Crippen LogP contribution in [-0.2, 0) is 0 Å². The molecule has 19 heavy (non-hydrogen) atoms. The molecule has 4 rings (SSSR count). The third kappa shape index (κ3) is 1.28. The number of benzene rings is 1. The molecule has 1 aromatic heterocycles. The second-order valence-corrected chi connectivity index (χ2v) is 6.37. The molecule has 3 atom stereocenters. The van der Waals surface area contributed by atoms with Gasteiger partial charge in [0.15, 0.2) is 12.2 Å². The molecular formula is C18H20N+. The molecule has 0 bridgehead atoms. The van der Waals surface area contributed by atoms with Gasteiger partial charge in [-0.05, 0) is 31.0 Å². The van der Waals surface area contributed by atoms with Gasteiger partial charge in [0.2, 0.25) is 5.69 Å². The van der Waals surface area contributed by atoms with Crippen molar-refractivity contribution in [3.8, 4) is 11.3 Å². The molecule has 1 aliphatic heterocycles. The summed E-state index contributed by atoms with van der Waals surface area (Å²) in [6, 6.07) is 14.2. The van der Waals surface area contributed by atoms with Crippen molar-refractivity contribution in [1.29, 1.82) is 0 Å². The van der Waals surface area contributed by atoms with Crippen molar-refractivity contribution in [2.45, 2.75) is 39.2 Å². The van der Waals surface area contributed by atoms with Gasteiger partial charge in [-0.3, -0.25) is 0 Å².